The van der Waals surface area contributed by atoms with Crippen LogP contribution in [0, 0.1) is 17.8 Å². The summed E-state index contributed by atoms with van der Waals surface area (Å²) in [7, 11) is 0. The van der Waals surface area contributed by atoms with Gasteiger partial charge in [-0.15, -0.1) is 0 Å². The van der Waals surface area contributed by atoms with Crippen LogP contribution in [0.1, 0.15) is 77.0 Å². The van der Waals surface area contributed by atoms with Crippen molar-refractivity contribution in [1.82, 2.24) is 25.9 Å². The van der Waals surface area contributed by atoms with Crippen molar-refractivity contribution in [2.24, 2.45) is 17.8 Å². The van der Waals surface area contributed by atoms with Crippen molar-refractivity contribution in [3.8, 4) is 0 Å². The Hall–Kier alpha value is -0.730. The summed E-state index contributed by atoms with van der Waals surface area (Å²) in [5.74, 6) is 2.22. The molecule has 0 aromatic heterocycles. The van der Waals surface area contributed by atoms with Crippen LogP contribution < -0.4 is 16.1 Å². The smallest absolute Gasteiger partial charge is 0.222 e. The van der Waals surface area contributed by atoms with Crippen LogP contribution in [0.3, 0.4) is 0 Å². The summed E-state index contributed by atoms with van der Waals surface area (Å²) < 4.78 is 0. The lowest BCUT2D eigenvalue weighted by molar-refractivity contribution is -0.135. The van der Waals surface area contributed by atoms with Crippen molar-refractivity contribution >= 4 is 5.91 Å². The van der Waals surface area contributed by atoms with E-state index in [9.17, 15) is 4.79 Å². The first-order valence-electron chi connectivity index (χ1n) is 14.1. The van der Waals surface area contributed by atoms with Crippen molar-refractivity contribution in [3.63, 3.8) is 0 Å². The number of hydrogen-bond donors (Lipinski definition) is 3. The van der Waals surface area contributed by atoms with Gasteiger partial charge >= 0.3 is 0 Å². The maximum Gasteiger partial charge on any atom is 0.222 e. The van der Waals surface area contributed by atoms with E-state index in [1.807, 2.05) is 0 Å². The predicted octanol–water partition coefficient (Wildman–Crippen LogP) is 2.48. The number of piperidine rings is 2. The Morgan fingerprint density at radius 2 is 1.70 bits per heavy atom. The number of nitrogens with zero attached hydrogens (tertiary/aromatic N) is 2. The summed E-state index contributed by atoms with van der Waals surface area (Å²) in [5.41, 5.74) is 3.39. The highest BCUT2D eigenvalue weighted by Crippen LogP contribution is 2.35. The minimum atomic E-state index is 0.388. The molecule has 0 aromatic carbocycles. The van der Waals surface area contributed by atoms with E-state index >= 15 is 0 Å². The maximum absolute atomic E-state index is 13.2. The van der Waals surface area contributed by atoms with Gasteiger partial charge in [-0.3, -0.25) is 14.5 Å². The van der Waals surface area contributed by atoms with Gasteiger partial charge in [0.25, 0.3) is 0 Å². The molecule has 5 fully saturated rings. The lowest BCUT2D eigenvalue weighted by Gasteiger charge is -2.42. The molecule has 0 spiro atoms. The standard InChI is InChI=1S/C26H47N5O2/c32-26(31-14-12-30(13-15-31)25-8-4-5-10-28-25)17-21-9-11-27-19-22(21)16-23-18-24(33-29-23)20-6-2-1-3-7-20/h20-25,27-29H,1-19H2. The molecular weight excluding hydrogens is 414 g/mol. The van der Waals surface area contributed by atoms with Crippen LogP contribution in [-0.2, 0) is 9.63 Å². The molecule has 5 unspecified atom stereocenters. The lowest BCUT2D eigenvalue weighted by atomic mass is 9.78. The number of amides is 1. The van der Waals surface area contributed by atoms with Crippen LogP contribution in [0.2, 0.25) is 0 Å². The van der Waals surface area contributed by atoms with Gasteiger partial charge in [-0.25, -0.2) is 0 Å². The Bertz CT molecular complexity index is 614. The lowest BCUT2D eigenvalue weighted by Crippen LogP contribution is -2.57. The highest BCUT2D eigenvalue weighted by Gasteiger charge is 2.37. The third kappa shape index (κ3) is 6.29. The molecule has 1 aliphatic carbocycles. The van der Waals surface area contributed by atoms with Gasteiger partial charge in [-0.2, -0.15) is 5.48 Å². The summed E-state index contributed by atoms with van der Waals surface area (Å²) in [6.45, 7) is 7.07. The molecule has 188 valence electrons. The zero-order chi connectivity index (χ0) is 22.5. The minimum absolute atomic E-state index is 0.388. The highest BCUT2D eigenvalue weighted by atomic mass is 16.7. The zero-order valence-electron chi connectivity index (χ0n) is 20.6. The Labute approximate surface area is 200 Å². The molecule has 4 saturated heterocycles. The second-order valence-electron chi connectivity index (χ2n) is 11.4. The first kappa shape index (κ1) is 24.0. The highest BCUT2D eigenvalue weighted by molar-refractivity contribution is 5.76. The predicted molar refractivity (Wildman–Crippen MR) is 130 cm³/mol. The Morgan fingerprint density at radius 3 is 2.48 bits per heavy atom. The van der Waals surface area contributed by atoms with Crippen LogP contribution >= 0.6 is 0 Å². The van der Waals surface area contributed by atoms with Crippen LogP contribution in [0.4, 0.5) is 0 Å². The molecule has 7 heteroatoms. The van der Waals surface area contributed by atoms with Crippen LogP contribution in [0.25, 0.3) is 0 Å². The van der Waals surface area contributed by atoms with Crippen molar-refractivity contribution in [1.29, 1.82) is 0 Å². The molecule has 0 aromatic rings. The van der Waals surface area contributed by atoms with Crippen LogP contribution in [-0.4, -0.2) is 79.8 Å². The monoisotopic (exact) mass is 461 g/mol. The van der Waals surface area contributed by atoms with E-state index in [0.717, 1.165) is 77.4 Å². The topological polar surface area (TPSA) is 68.9 Å². The summed E-state index contributed by atoms with van der Waals surface area (Å²) >= 11 is 0. The van der Waals surface area contributed by atoms with E-state index in [-0.39, 0.29) is 0 Å². The molecule has 4 aliphatic heterocycles. The average Bonchev–Trinajstić information content (AvgIpc) is 3.35. The van der Waals surface area contributed by atoms with E-state index in [0.29, 0.717) is 36.1 Å². The van der Waals surface area contributed by atoms with E-state index in [1.165, 1.54) is 51.4 Å². The fourth-order valence-corrected chi connectivity index (χ4v) is 7.17. The first-order valence-corrected chi connectivity index (χ1v) is 14.1. The fourth-order valence-electron chi connectivity index (χ4n) is 7.17. The molecule has 7 nitrogen and oxygen atoms in total. The van der Waals surface area contributed by atoms with Gasteiger partial charge < -0.3 is 15.5 Å². The molecule has 5 aliphatic rings. The molecule has 1 amide bonds. The number of rotatable bonds is 6. The summed E-state index contributed by atoms with van der Waals surface area (Å²) in [5, 5.41) is 7.26. The largest absolute Gasteiger partial charge is 0.340 e. The molecule has 5 atom stereocenters. The Morgan fingerprint density at radius 1 is 0.879 bits per heavy atom. The number of piperazine rings is 1. The average molecular weight is 462 g/mol. The summed E-state index contributed by atoms with van der Waals surface area (Å²) in [4.78, 5) is 24.0. The van der Waals surface area contributed by atoms with Gasteiger partial charge in [0.1, 0.15) is 0 Å². The normalized spacial score (nSPS) is 37.3. The van der Waals surface area contributed by atoms with E-state index in [2.05, 4.69) is 25.9 Å². The molecule has 5 rings (SSSR count). The minimum Gasteiger partial charge on any atom is -0.340 e. The van der Waals surface area contributed by atoms with E-state index in [1.54, 1.807) is 0 Å². The SMILES string of the molecule is O=C(CC1CCNCC1CC1CC(C2CCCCC2)ON1)N1CCN(C2CCCCN2)CC1. The van der Waals surface area contributed by atoms with Crippen molar-refractivity contribution < 1.29 is 9.63 Å². The van der Waals surface area contributed by atoms with Gasteiger partial charge in [0.05, 0.1) is 12.3 Å². The number of carbonyl (C=O) groups is 1. The molecule has 4 heterocycles. The summed E-state index contributed by atoms with van der Waals surface area (Å²) in [6, 6.07) is 0.450. The molecule has 0 bridgehead atoms. The zero-order valence-corrected chi connectivity index (χ0v) is 20.6. The number of carbonyl (C=O) groups excluding carboxylic acids is 1. The van der Waals surface area contributed by atoms with E-state index in [4.69, 9.17) is 4.84 Å². The number of hydrogen-bond acceptors (Lipinski definition) is 6. The van der Waals surface area contributed by atoms with E-state index < -0.39 is 0 Å². The second-order valence-corrected chi connectivity index (χ2v) is 11.4. The van der Waals surface area contributed by atoms with Gasteiger partial charge in [0.2, 0.25) is 5.91 Å². The van der Waals surface area contributed by atoms with Gasteiger partial charge in [0.15, 0.2) is 0 Å². The van der Waals surface area contributed by atoms with Gasteiger partial charge in [0, 0.05) is 38.6 Å². The maximum atomic E-state index is 13.2. The van der Waals surface area contributed by atoms with Crippen molar-refractivity contribution in [3.05, 3.63) is 0 Å². The Kier molecular flexibility index (Phi) is 8.58. The second kappa shape index (κ2) is 11.8. The molecule has 1 saturated carbocycles. The third-order valence-corrected chi connectivity index (χ3v) is 9.26. The van der Waals surface area contributed by atoms with Crippen LogP contribution in [0.15, 0.2) is 0 Å². The third-order valence-electron chi connectivity index (χ3n) is 9.26. The van der Waals surface area contributed by atoms with Crippen molar-refractivity contribution in [2.45, 2.75) is 95.4 Å². The van der Waals surface area contributed by atoms with Crippen LogP contribution in [0.5, 0.6) is 0 Å². The molecule has 3 N–H and O–H groups in total. The summed E-state index contributed by atoms with van der Waals surface area (Å²) in [6.07, 6.45) is 15.8. The van der Waals surface area contributed by atoms with Gasteiger partial charge in [-0.05, 0) is 88.8 Å². The number of nitrogens with one attached hydrogen (secondary N) is 3. The fraction of sp³-hybridized carbons (Fsp3) is 0.962. The van der Waals surface area contributed by atoms with Gasteiger partial charge in [-0.1, -0.05) is 19.3 Å². The number of hydroxylamine groups is 1. The first-order chi connectivity index (χ1) is 16.3. The molecule has 0 radical (unpaired) electrons. The molecular formula is C26H47N5O2. The quantitative estimate of drug-likeness (QED) is 0.565. The Balaban J connectivity index is 1.07. The molecule has 33 heavy (non-hydrogen) atoms. The van der Waals surface area contributed by atoms with Crippen molar-refractivity contribution in [2.75, 3.05) is 45.8 Å².